The van der Waals surface area contributed by atoms with E-state index in [-0.39, 0.29) is 0 Å². The van der Waals surface area contributed by atoms with Crippen molar-refractivity contribution in [3.63, 3.8) is 0 Å². The number of nitrogens with zero attached hydrogens (tertiary/aromatic N) is 3. The molecule has 1 aromatic heterocycles. The lowest BCUT2D eigenvalue weighted by Crippen LogP contribution is -2.21. The van der Waals surface area contributed by atoms with Gasteiger partial charge in [-0.2, -0.15) is 0 Å². The van der Waals surface area contributed by atoms with E-state index >= 15 is 0 Å². The summed E-state index contributed by atoms with van der Waals surface area (Å²) in [6.45, 7) is 6.27. The fourth-order valence-electron chi connectivity index (χ4n) is 1.99. The lowest BCUT2D eigenvalue weighted by atomic mass is 10.2. The first-order valence-corrected chi connectivity index (χ1v) is 6.64. The molecule has 98 valence electrons. The largest absolute Gasteiger partial charge is 0.370 e. The first-order chi connectivity index (χ1) is 9.35. The van der Waals surface area contributed by atoms with Crippen molar-refractivity contribution in [3.05, 3.63) is 54.4 Å². The Bertz CT molecular complexity index is 531. The molecule has 2 rings (SSSR count). The Labute approximate surface area is 114 Å². The van der Waals surface area contributed by atoms with Crippen LogP contribution in [0, 0.1) is 0 Å². The third-order valence-corrected chi connectivity index (χ3v) is 3.01. The first kappa shape index (κ1) is 13.3. The summed E-state index contributed by atoms with van der Waals surface area (Å²) < 4.78 is 0. The molecule has 1 heterocycles. The average molecular weight is 253 g/mol. The van der Waals surface area contributed by atoms with Crippen molar-refractivity contribution >= 4 is 17.6 Å². The molecule has 0 N–H and O–H groups in total. The summed E-state index contributed by atoms with van der Waals surface area (Å²) in [5.41, 5.74) is 3.02. The van der Waals surface area contributed by atoms with Gasteiger partial charge >= 0.3 is 0 Å². The Balaban J connectivity index is 2.28. The molecule has 0 radical (unpaired) electrons. The number of rotatable bonds is 5. The van der Waals surface area contributed by atoms with E-state index in [1.807, 2.05) is 42.6 Å². The highest BCUT2D eigenvalue weighted by Crippen LogP contribution is 2.27. The number of benzene rings is 1. The van der Waals surface area contributed by atoms with Gasteiger partial charge < -0.3 is 4.90 Å². The molecular weight excluding hydrogens is 234 g/mol. The van der Waals surface area contributed by atoms with E-state index in [0.717, 1.165) is 24.5 Å². The number of aliphatic imine (C=N–C) groups is 1. The van der Waals surface area contributed by atoms with Gasteiger partial charge in [0.25, 0.3) is 0 Å². The van der Waals surface area contributed by atoms with Crippen molar-refractivity contribution in [1.29, 1.82) is 0 Å². The van der Waals surface area contributed by atoms with Crippen molar-refractivity contribution in [1.82, 2.24) is 4.98 Å². The predicted molar refractivity (Wildman–Crippen MR) is 81.5 cm³/mol. The zero-order valence-electron chi connectivity index (χ0n) is 11.5. The molecule has 0 bridgehead atoms. The van der Waals surface area contributed by atoms with Gasteiger partial charge in [0, 0.05) is 19.3 Å². The molecular formula is C16H19N3. The molecule has 0 saturated carbocycles. The Morgan fingerprint density at radius 2 is 1.79 bits per heavy atom. The average Bonchev–Trinajstić information content (AvgIpc) is 2.48. The predicted octanol–water partition coefficient (Wildman–Crippen LogP) is 3.68. The summed E-state index contributed by atoms with van der Waals surface area (Å²) in [6.07, 6.45) is 3.58. The summed E-state index contributed by atoms with van der Waals surface area (Å²) >= 11 is 0. The number of hydrogen-bond acceptors (Lipinski definition) is 3. The maximum Gasteiger partial charge on any atom is 0.0863 e. The van der Waals surface area contributed by atoms with Crippen LogP contribution in [0.5, 0.6) is 0 Å². The topological polar surface area (TPSA) is 28.5 Å². The van der Waals surface area contributed by atoms with Crippen LogP contribution >= 0.6 is 0 Å². The van der Waals surface area contributed by atoms with Crippen LogP contribution < -0.4 is 4.90 Å². The summed E-state index contributed by atoms with van der Waals surface area (Å²) in [4.78, 5) is 11.1. The van der Waals surface area contributed by atoms with Crippen LogP contribution in [-0.2, 0) is 0 Å². The molecule has 0 atom stereocenters. The zero-order valence-corrected chi connectivity index (χ0v) is 11.5. The van der Waals surface area contributed by atoms with E-state index in [1.165, 1.54) is 5.69 Å². The van der Waals surface area contributed by atoms with Crippen LogP contribution in [0.1, 0.15) is 19.5 Å². The second-order valence-corrected chi connectivity index (χ2v) is 4.17. The Morgan fingerprint density at radius 1 is 1.05 bits per heavy atom. The molecule has 3 heteroatoms. The van der Waals surface area contributed by atoms with Crippen LogP contribution in [0.3, 0.4) is 0 Å². The maximum absolute atomic E-state index is 4.56. The molecule has 0 unspecified atom stereocenters. The van der Waals surface area contributed by atoms with Crippen LogP contribution in [0.4, 0.5) is 11.4 Å². The highest BCUT2D eigenvalue weighted by molar-refractivity contribution is 5.82. The van der Waals surface area contributed by atoms with Gasteiger partial charge in [-0.15, -0.1) is 0 Å². The number of hydrogen-bond donors (Lipinski definition) is 0. The molecule has 0 aliphatic heterocycles. The molecule has 0 aliphatic rings. The Kier molecular flexibility index (Phi) is 4.67. The first-order valence-electron chi connectivity index (χ1n) is 6.64. The van der Waals surface area contributed by atoms with Gasteiger partial charge in [-0.1, -0.05) is 18.2 Å². The van der Waals surface area contributed by atoms with Gasteiger partial charge in [0.2, 0.25) is 0 Å². The highest BCUT2D eigenvalue weighted by atomic mass is 15.1. The van der Waals surface area contributed by atoms with E-state index in [0.29, 0.717) is 0 Å². The van der Waals surface area contributed by atoms with E-state index < -0.39 is 0 Å². The Morgan fingerprint density at radius 3 is 2.47 bits per heavy atom. The van der Waals surface area contributed by atoms with Gasteiger partial charge in [0.1, 0.15) is 0 Å². The SMILES string of the molecule is CCN(CC)c1ccccc1/N=C/c1ccccn1. The van der Waals surface area contributed by atoms with E-state index in [9.17, 15) is 0 Å². The lowest BCUT2D eigenvalue weighted by molar-refractivity contribution is 0.866. The third-order valence-electron chi connectivity index (χ3n) is 3.01. The quantitative estimate of drug-likeness (QED) is 0.760. The van der Waals surface area contributed by atoms with Crippen molar-refractivity contribution in [2.75, 3.05) is 18.0 Å². The van der Waals surface area contributed by atoms with Gasteiger partial charge in [-0.05, 0) is 38.1 Å². The van der Waals surface area contributed by atoms with Crippen molar-refractivity contribution in [2.45, 2.75) is 13.8 Å². The third kappa shape index (κ3) is 3.41. The highest BCUT2D eigenvalue weighted by Gasteiger charge is 2.05. The second kappa shape index (κ2) is 6.69. The summed E-state index contributed by atoms with van der Waals surface area (Å²) in [6, 6.07) is 14.0. The lowest BCUT2D eigenvalue weighted by Gasteiger charge is -2.22. The standard InChI is InChI=1S/C16H19N3/c1-3-19(4-2)16-11-6-5-10-15(16)18-13-14-9-7-8-12-17-14/h5-13H,3-4H2,1-2H3/b18-13+. The zero-order chi connectivity index (χ0) is 13.5. The molecule has 0 aliphatic carbocycles. The van der Waals surface area contributed by atoms with Gasteiger partial charge in [0.15, 0.2) is 0 Å². The van der Waals surface area contributed by atoms with Gasteiger partial charge in [-0.3, -0.25) is 9.98 Å². The number of para-hydroxylation sites is 2. The van der Waals surface area contributed by atoms with Crippen LogP contribution in [-0.4, -0.2) is 24.3 Å². The van der Waals surface area contributed by atoms with E-state index in [1.54, 1.807) is 6.20 Å². The molecule has 3 nitrogen and oxygen atoms in total. The number of pyridine rings is 1. The summed E-state index contributed by atoms with van der Waals surface area (Å²) in [5, 5.41) is 0. The van der Waals surface area contributed by atoms with Crippen molar-refractivity contribution in [2.24, 2.45) is 4.99 Å². The molecule has 19 heavy (non-hydrogen) atoms. The minimum absolute atomic E-state index is 0.872. The van der Waals surface area contributed by atoms with Gasteiger partial charge in [0.05, 0.1) is 23.3 Å². The Hall–Kier alpha value is -2.16. The normalized spacial score (nSPS) is 10.8. The fourth-order valence-corrected chi connectivity index (χ4v) is 1.99. The molecule has 1 aromatic carbocycles. The van der Waals surface area contributed by atoms with Crippen LogP contribution in [0.15, 0.2) is 53.7 Å². The summed E-state index contributed by atoms with van der Waals surface area (Å²) in [7, 11) is 0. The monoisotopic (exact) mass is 253 g/mol. The minimum atomic E-state index is 0.872. The molecule has 2 aromatic rings. The van der Waals surface area contributed by atoms with Crippen molar-refractivity contribution < 1.29 is 0 Å². The van der Waals surface area contributed by atoms with Gasteiger partial charge in [-0.25, -0.2) is 0 Å². The molecule has 0 fully saturated rings. The molecule has 0 amide bonds. The number of anilines is 1. The van der Waals surface area contributed by atoms with E-state index in [2.05, 4.69) is 34.8 Å². The van der Waals surface area contributed by atoms with E-state index in [4.69, 9.17) is 0 Å². The van der Waals surface area contributed by atoms with Crippen molar-refractivity contribution in [3.8, 4) is 0 Å². The smallest absolute Gasteiger partial charge is 0.0863 e. The number of aromatic nitrogens is 1. The fraction of sp³-hybridized carbons (Fsp3) is 0.250. The maximum atomic E-state index is 4.56. The molecule has 0 saturated heterocycles. The second-order valence-electron chi connectivity index (χ2n) is 4.17. The van der Waals surface area contributed by atoms with Crippen LogP contribution in [0.25, 0.3) is 0 Å². The minimum Gasteiger partial charge on any atom is -0.370 e. The molecule has 0 spiro atoms. The van der Waals surface area contributed by atoms with Crippen LogP contribution in [0.2, 0.25) is 0 Å². The summed E-state index contributed by atoms with van der Waals surface area (Å²) in [5.74, 6) is 0.